The largest absolute Gasteiger partial charge is 0.573 e. The molecule has 1 unspecified atom stereocenters. The molecule has 34 heavy (non-hydrogen) atoms. The second kappa shape index (κ2) is 11.1. The van der Waals surface area contributed by atoms with Crippen LogP contribution in [0.4, 0.5) is 13.2 Å². The highest BCUT2D eigenvalue weighted by molar-refractivity contribution is 7.15. The molecule has 1 aromatic heterocycles. The number of halogens is 3. The fourth-order valence-electron chi connectivity index (χ4n) is 2.96. The van der Waals surface area contributed by atoms with Crippen molar-refractivity contribution in [2.45, 2.75) is 32.5 Å². The Morgan fingerprint density at radius 3 is 1.97 bits per heavy atom. The maximum Gasteiger partial charge on any atom is 0.573 e. The smallest absolute Gasteiger partial charge is 0.406 e. The first-order valence-electron chi connectivity index (χ1n) is 10.0. The van der Waals surface area contributed by atoms with Gasteiger partial charge in [0.15, 0.2) is 0 Å². The Kier molecular flexibility index (Phi) is 8.26. The van der Waals surface area contributed by atoms with Crippen LogP contribution in [-0.2, 0) is 18.0 Å². The molecule has 0 aliphatic heterocycles. The number of amides is 2. The van der Waals surface area contributed by atoms with E-state index in [1.807, 2.05) is 31.2 Å². The van der Waals surface area contributed by atoms with Gasteiger partial charge in [-0.25, -0.2) is 5.48 Å². The zero-order valence-electron chi connectivity index (χ0n) is 17.9. The van der Waals surface area contributed by atoms with Crippen LogP contribution >= 0.6 is 11.3 Å². The van der Waals surface area contributed by atoms with Gasteiger partial charge < -0.3 is 14.8 Å². The van der Waals surface area contributed by atoms with Crippen molar-refractivity contribution >= 4 is 23.2 Å². The van der Waals surface area contributed by atoms with Gasteiger partial charge in [-0.05, 0) is 47.9 Å². The van der Waals surface area contributed by atoms with Gasteiger partial charge in [-0.15, -0.1) is 24.5 Å². The monoisotopic (exact) mass is 494 g/mol. The highest BCUT2D eigenvalue weighted by atomic mass is 32.1. The number of benzene rings is 2. The quantitative estimate of drug-likeness (QED) is 0.288. The van der Waals surface area contributed by atoms with E-state index in [2.05, 4.69) is 10.1 Å². The summed E-state index contributed by atoms with van der Waals surface area (Å²) in [5, 5.41) is 11.5. The second-order valence-corrected chi connectivity index (χ2v) is 8.31. The first-order chi connectivity index (χ1) is 16.1. The van der Waals surface area contributed by atoms with Gasteiger partial charge in [-0.3, -0.25) is 14.8 Å². The van der Waals surface area contributed by atoms with Gasteiger partial charge in [-0.1, -0.05) is 36.4 Å². The number of nitrogens with one attached hydrogen (secondary N) is 2. The lowest BCUT2D eigenvalue weighted by Crippen LogP contribution is -2.25. The van der Waals surface area contributed by atoms with E-state index in [0.29, 0.717) is 17.0 Å². The van der Waals surface area contributed by atoms with Crippen LogP contribution in [0.5, 0.6) is 5.75 Å². The Labute approximate surface area is 197 Å². The summed E-state index contributed by atoms with van der Waals surface area (Å²) in [6, 6.07) is 15.5. The molecule has 0 aliphatic rings. The highest BCUT2D eigenvalue weighted by Crippen LogP contribution is 2.23. The molecule has 0 spiro atoms. The van der Waals surface area contributed by atoms with Gasteiger partial charge in [-0.2, -0.15) is 0 Å². The standard InChI is InChI=1S/C23H21F3N2O5S/c1-14(27-21(29)19-10-11-20(34-19)22(30)28-31)17-6-2-15(3-7-17)12-32-13-16-4-8-18(9-5-16)33-23(24,25)26/h2-11,14,31H,12-13H2,1H3,(H,27,29)(H,28,30). The van der Waals surface area contributed by atoms with Crippen molar-refractivity contribution in [1.29, 1.82) is 0 Å². The topological polar surface area (TPSA) is 96.9 Å². The molecule has 0 bridgehead atoms. The predicted molar refractivity (Wildman–Crippen MR) is 118 cm³/mol. The summed E-state index contributed by atoms with van der Waals surface area (Å²) in [6.07, 6.45) is -4.73. The molecular formula is C23H21F3N2O5S. The molecule has 11 heteroatoms. The van der Waals surface area contributed by atoms with Crippen molar-refractivity contribution in [3.8, 4) is 5.75 Å². The fraction of sp³-hybridized carbons (Fsp3) is 0.217. The zero-order valence-corrected chi connectivity index (χ0v) is 18.7. The Balaban J connectivity index is 1.47. The Morgan fingerprint density at radius 1 is 0.912 bits per heavy atom. The maximum absolute atomic E-state index is 12.4. The third-order valence-corrected chi connectivity index (χ3v) is 5.76. The van der Waals surface area contributed by atoms with E-state index in [4.69, 9.17) is 9.94 Å². The van der Waals surface area contributed by atoms with Crippen LogP contribution in [0.25, 0.3) is 0 Å². The third kappa shape index (κ3) is 7.30. The van der Waals surface area contributed by atoms with Crippen molar-refractivity contribution in [3.63, 3.8) is 0 Å². The van der Waals surface area contributed by atoms with Gasteiger partial charge in [0.25, 0.3) is 11.8 Å². The van der Waals surface area contributed by atoms with Crippen LogP contribution in [-0.4, -0.2) is 23.4 Å². The number of carbonyl (C=O) groups is 2. The average Bonchev–Trinajstić information content (AvgIpc) is 3.30. The van der Waals surface area contributed by atoms with E-state index in [1.54, 1.807) is 0 Å². The lowest BCUT2D eigenvalue weighted by Gasteiger charge is -2.14. The zero-order chi connectivity index (χ0) is 24.7. The summed E-state index contributed by atoms with van der Waals surface area (Å²) in [7, 11) is 0. The van der Waals surface area contributed by atoms with Gasteiger partial charge in [0, 0.05) is 0 Å². The van der Waals surface area contributed by atoms with E-state index in [9.17, 15) is 22.8 Å². The third-order valence-electron chi connectivity index (χ3n) is 4.68. The Hall–Kier alpha value is -3.41. The molecule has 0 saturated heterocycles. The van der Waals surface area contributed by atoms with E-state index in [0.717, 1.165) is 22.5 Å². The lowest BCUT2D eigenvalue weighted by molar-refractivity contribution is -0.274. The SMILES string of the molecule is CC(NC(=O)c1ccc(C(=O)NO)s1)c1ccc(COCc2ccc(OC(F)(F)F)cc2)cc1. The van der Waals surface area contributed by atoms with Crippen LogP contribution in [0.1, 0.15) is 49.0 Å². The fourth-order valence-corrected chi connectivity index (χ4v) is 3.76. The first kappa shape index (κ1) is 25.2. The molecular weight excluding hydrogens is 473 g/mol. The normalized spacial score (nSPS) is 12.1. The number of carbonyl (C=O) groups excluding carboxylic acids is 2. The van der Waals surface area contributed by atoms with Crippen molar-refractivity contribution in [3.05, 3.63) is 87.1 Å². The summed E-state index contributed by atoms with van der Waals surface area (Å²) >= 11 is 0.966. The number of rotatable bonds is 9. The van der Waals surface area contributed by atoms with Crippen LogP contribution in [0.15, 0.2) is 60.7 Å². The summed E-state index contributed by atoms with van der Waals surface area (Å²) in [6.45, 7) is 2.34. The molecule has 7 nitrogen and oxygen atoms in total. The van der Waals surface area contributed by atoms with Gasteiger partial charge in [0.05, 0.1) is 29.0 Å². The maximum atomic E-state index is 12.4. The molecule has 3 N–H and O–H groups in total. The number of hydrogen-bond donors (Lipinski definition) is 3. The van der Waals surface area contributed by atoms with Crippen molar-refractivity contribution < 1.29 is 37.4 Å². The minimum absolute atomic E-state index is 0.218. The molecule has 0 fully saturated rings. The average molecular weight is 494 g/mol. The molecule has 180 valence electrons. The van der Waals surface area contributed by atoms with Crippen LogP contribution in [0.3, 0.4) is 0 Å². The van der Waals surface area contributed by atoms with Crippen LogP contribution < -0.4 is 15.5 Å². The molecule has 1 atom stereocenters. The molecule has 0 saturated carbocycles. The van der Waals surface area contributed by atoms with E-state index < -0.39 is 12.3 Å². The van der Waals surface area contributed by atoms with Crippen LogP contribution in [0, 0.1) is 0 Å². The summed E-state index contributed by atoms with van der Waals surface area (Å²) in [4.78, 5) is 24.4. The van der Waals surface area contributed by atoms with Crippen molar-refractivity contribution in [1.82, 2.24) is 10.8 Å². The van der Waals surface area contributed by atoms with Crippen molar-refractivity contribution in [2.24, 2.45) is 0 Å². The van der Waals surface area contributed by atoms with E-state index in [-0.39, 0.29) is 29.2 Å². The molecule has 1 heterocycles. The minimum atomic E-state index is -4.73. The number of thiophene rings is 1. The molecule has 0 aliphatic carbocycles. The number of alkyl halides is 3. The van der Waals surface area contributed by atoms with Crippen LogP contribution in [0.2, 0.25) is 0 Å². The van der Waals surface area contributed by atoms with Gasteiger partial charge >= 0.3 is 6.36 Å². The molecule has 3 aromatic rings. The van der Waals surface area contributed by atoms with E-state index >= 15 is 0 Å². The van der Waals surface area contributed by atoms with Crippen molar-refractivity contribution in [2.75, 3.05) is 0 Å². The van der Waals surface area contributed by atoms with Gasteiger partial charge in [0.2, 0.25) is 0 Å². The summed E-state index contributed by atoms with van der Waals surface area (Å²) in [5.74, 6) is -1.31. The lowest BCUT2D eigenvalue weighted by atomic mass is 10.1. The summed E-state index contributed by atoms with van der Waals surface area (Å²) in [5.41, 5.74) is 3.98. The Bertz CT molecular complexity index is 1110. The number of hydroxylamine groups is 1. The summed E-state index contributed by atoms with van der Waals surface area (Å²) < 4.78 is 46.1. The predicted octanol–water partition coefficient (Wildman–Crippen LogP) is 4.97. The molecule has 2 aromatic carbocycles. The molecule has 0 radical (unpaired) electrons. The minimum Gasteiger partial charge on any atom is -0.406 e. The molecule has 2 amide bonds. The number of ether oxygens (including phenoxy) is 2. The molecule has 3 rings (SSSR count). The van der Waals surface area contributed by atoms with E-state index in [1.165, 1.54) is 41.9 Å². The Morgan fingerprint density at radius 2 is 1.44 bits per heavy atom. The van der Waals surface area contributed by atoms with Gasteiger partial charge in [0.1, 0.15) is 5.75 Å². The highest BCUT2D eigenvalue weighted by Gasteiger charge is 2.30. The first-order valence-corrected chi connectivity index (χ1v) is 10.8. The number of hydrogen-bond acceptors (Lipinski definition) is 6. The second-order valence-electron chi connectivity index (χ2n) is 7.23.